The zero-order valence-corrected chi connectivity index (χ0v) is 16.9. The highest BCUT2D eigenvalue weighted by atomic mass is 16.3. The van der Waals surface area contributed by atoms with Crippen molar-refractivity contribution < 1.29 is 0 Å². The van der Waals surface area contributed by atoms with Crippen LogP contribution in [0.15, 0.2) is 59.9 Å². The minimum Gasteiger partial charge on any atom is -0.240 e. The minimum atomic E-state index is 0.218. The fourth-order valence-corrected chi connectivity index (χ4v) is 2.98. The van der Waals surface area contributed by atoms with Crippen molar-refractivity contribution in [1.82, 2.24) is 9.78 Å². The highest BCUT2D eigenvalue weighted by Gasteiger charge is 2.13. The zero-order valence-electron chi connectivity index (χ0n) is 16.9. The minimum absolute atomic E-state index is 0.218. The van der Waals surface area contributed by atoms with E-state index in [0.717, 1.165) is 28.9 Å². The van der Waals surface area contributed by atoms with Gasteiger partial charge in [-0.15, -0.1) is 0 Å². The molecule has 0 fully saturated rings. The average molecular weight is 364 g/mol. The first kappa shape index (κ1) is 20.6. The Hall–Kier alpha value is -2.75. The van der Waals surface area contributed by atoms with E-state index in [1.807, 2.05) is 62.0 Å². The molecular weight excluding hydrogens is 334 g/mol. The van der Waals surface area contributed by atoms with Gasteiger partial charge in [-0.2, -0.15) is 10.0 Å². The van der Waals surface area contributed by atoms with E-state index in [1.54, 1.807) is 0 Å². The maximum atomic E-state index is 10.4. The van der Waals surface area contributed by atoms with E-state index >= 15 is 0 Å². The van der Waals surface area contributed by atoms with Crippen LogP contribution in [0.4, 0.5) is 0 Å². The first-order chi connectivity index (χ1) is 13.1. The molecule has 3 aromatic rings. The Labute approximate surface area is 162 Å². The third kappa shape index (κ3) is 4.91. The molecule has 1 aromatic heterocycles. The number of nitrogens with zero attached hydrogens (tertiary/aromatic N) is 3. The van der Waals surface area contributed by atoms with Gasteiger partial charge in [0.25, 0.3) is 0 Å². The summed E-state index contributed by atoms with van der Waals surface area (Å²) in [5.74, 6) is 0.443. The molecule has 4 heteroatoms. The standard InChI is InChI=1S/C21H23N3O.C2H6/c1-4-15(2)20-13-19(18-7-5-17(6-8-18)14-22-25)9-10-21(20)24-12-11-16(3)23-24;1-2/h5-13,15H,4,14H2,1-3H3;1-2H3. The lowest BCUT2D eigenvalue weighted by Crippen LogP contribution is -2.04. The van der Waals surface area contributed by atoms with Gasteiger partial charge >= 0.3 is 0 Å². The van der Waals surface area contributed by atoms with Crippen molar-refractivity contribution in [2.45, 2.75) is 53.5 Å². The molecule has 1 heterocycles. The Morgan fingerprint density at radius 1 is 1.04 bits per heavy atom. The average Bonchev–Trinajstić information content (AvgIpc) is 3.15. The summed E-state index contributed by atoms with van der Waals surface area (Å²) < 4.78 is 1.96. The molecular formula is C23H29N3O. The summed E-state index contributed by atoms with van der Waals surface area (Å²) in [5.41, 5.74) is 6.69. The number of nitroso groups, excluding NO2 is 1. The van der Waals surface area contributed by atoms with Crippen LogP contribution in [0.3, 0.4) is 0 Å². The third-order valence-electron chi connectivity index (χ3n) is 4.67. The van der Waals surface area contributed by atoms with Gasteiger partial charge in [-0.3, -0.25) is 0 Å². The van der Waals surface area contributed by atoms with Crippen LogP contribution in [0.5, 0.6) is 0 Å². The van der Waals surface area contributed by atoms with Crippen molar-refractivity contribution in [3.05, 3.63) is 76.5 Å². The zero-order chi connectivity index (χ0) is 19.8. The summed E-state index contributed by atoms with van der Waals surface area (Å²) in [6.07, 6.45) is 3.08. The SMILES string of the molecule is CC.CCC(C)c1cc(-c2ccc(CN=O)cc2)ccc1-n1ccc(C)n1. The molecule has 0 N–H and O–H groups in total. The number of aryl methyl sites for hydroxylation is 1. The van der Waals surface area contributed by atoms with Gasteiger partial charge in [0.05, 0.1) is 11.4 Å². The molecule has 0 radical (unpaired) electrons. The molecule has 2 aromatic carbocycles. The molecule has 142 valence electrons. The predicted octanol–water partition coefficient (Wildman–Crippen LogP) is 6.65. The summed E-state index contributed by atoms with van der Waals surface area (Å²) in [5, 5.41) is 7.51. The molecule has 0 bridgehead atoms. The molecule has 0 amide bonds. The van der Waals surface area contributed by atoms with Crippen molar-refractivity contribution >= 4 is 0 Å². The number of benzene rings is 2. The van der Waals surface area contributed by atoms with Gasteiger partial charge in [0.1, 0.15) is 6.54 Å². The Balaban J connectivity index is 0.00000126. The number of aromatic nitrogens is 2. The van der Waals surface area contributed by atoms with Crippen LogP contribution in [-0.4, -0.2) is 9.78 Å². The highest BCUT2D eigenvalue weighted by Crippen LogP contribution is 2.31. The number of rotatable bonds is 6. The lowest BCUT2D eigenvalue weighted by Gasteiger charge is -2.17. The third-order valence-corrected chi connectivity index (χ3v) is 4.67. The molecule has 0 spiro atoms. The van der Waals surface area contributed by atoms with Gasteiger partial charge in [-0.25, -0.2) is 4.68 Å². The quantitative estimate of drug-likeness (QED) is 0.460. The second-order valence-corrected chi connectivity index (χ2v) is 6.47. The topological polar surface area (TPSA) is 47.2 Å². The van der Waals surface area contributed by atoms with Crippen LogP contribution in [-0.2, 0) is 6.54 Å². The van der Waals surface area contributed by atoms with Crippen molar-refractivity contribution in [3.63, 3.8) is 0 Å². The van der Waals surface area contributed by atoms with E-state index in [0.29, 0.717) is 5.92 Å². The summed E-state index contributed by atoms with van der Waals surface area (Å²) >= 11 is 0. The van der Waals surface area contributed by atoms with Crippen LogP contribution in [0.1, 0.15) is 56.9 Å². The van der Waals surface area contributed by atoms with Gasteiger partial charge in [0.15, 0.2) is 0 Å². The summed E-state index contributed by atoms with van der Waals surface area (Å²) in [6, 6.07) is 16.6. The molecule has 0 saturated carbocycles. The monoisotopic (exact) mass is 363 g/mol. The van der Waals surface area contributed by atoms with Gasteiger partial charge in [-0.1, -0.05) is 63.2 Å². The largest absolute Gasteiger partial charge is 0.240 e. The van der Waals surface area contributed by atoms with E-state index in [9.17, 15) is 4.91 Å². The lowest BCUT2D eigenvalue weighted by atomic mass is 9.92. The van der Waals surface area contributed by atoms with Crippen LogP contribution in [0, 0.1) is 11.8 Å². The van der Waals surface area contributed by atoms with E-state index in [4.69, 9.17) is 0 Å². The first-order valence-corrected chi connectivity index (χ1v) is 9.67. The van der Waals surface area contributed by atoms with Gasteiger partial charge in [0.2, 0.25) is 0 Å². The Kier molecular flexibility index (Phi) is 7.47. The van der Waals surface area contributed by atoms with Crippen molar-refractivity contribution in [2.75, 3.05) is 0 Å². The maximum absolute atomic E-state index is 10.4. The molecule has 4 nitrogen and oxygen atoms in total. The molecule has 0 saturated heterocycles. The first-order valence-electron chi connectivity index (χ1n) is 9.67. The lowest BCUT2D eigenvalue weighted by molar-refractivity contribution is 0.717. The van der Waals surface area contributed by atoms with Crippen molar-refractivity contribution in [2.24, 2.45) is 5.18 Å². The summed E-state index contributed by atoms with van der Waals surface area (Å²) in [6.45, 7) is 10.7. The molecule has 0 aliphatic rings. The number of hydrogen-bond acceptors (Lipinski definition) is 3. The summed E-state index contributed by atoms with van der Waals surface area (Å²) in [7, 11) is 0. The molecule has 0 aliphatic carbocycles. The molecule has 0 aliphatic heterocycles. The van der Waals surface area contributed by atoms with Crippen LogP contribution in [0.25, 0.3) is 16.8 Å². The van der Waals surface area contributed by atoms with E-state index in [2.05, 4.69) is 42.3 Å². The molecule has 27 heavy (non-hydrogen) atoms. The molecule has 1 atom stereocenters. The van der Waals surface area contributed by atoms with Gasteiger partial charge in [-0.05, 0) is 59.7 Å². The maximum Gasteiger partial charge on any atom is 0.106 e. The van der Waals surface area contributed by atoms with E-state index in [1.165, 1.54) is 11.1 Å². The van der Waals surface area contributed by atoms with Crippen molar-refractivity contribution in [3.8, 4) is 16.8 Å². The van der Waals surface area contributed by atoms with Crippen LogP contribution < -0.4 is 0 Å². The molecule has 3 rings (SSSR count). The second-order valence-electron chi connectivity index (χ2n) is 6.47. The Bertz CT molecular complexity index is 866. The predicted molar refractivity (Wildman–Crippen MR) is 113 cm³/mol. The second kappa shape index (κ2) is 9.81. The Morgan fingerprint density at radius 3 is 2.26 bits per heavy atom. The van der Waals surface area contributed by atoms with Gasteiger partial charge in [0, 0.05) is 6.20 Å². The smallest absolute Gasteiger partial charge is 0.106 e. The van der Waals surface area contributed by atoms with Crippen molar-refractivity contribution in [1.29, 1.82) is 0 Å². The van der Waals surface area contributed by atoms with Crippen LogP contribution >= 0.6 is 0 Å². The van der Waals surface area contributed by atoms with Gasteiger partial charge < -0.3 is 0 Å². The van der Waals surface area contributed by atoms with E-state index in [-0.39, 0.29) is 6.54 Å². The normalized spacial score (nSPS) is 11.4. The Morgan fingerprint density at radius 2 is 1.70 bits per heavy atom. The highest BCUT2D eigenvalue weighted by molar-refractivity contribution is 5.67. The number of hydrogen-bond donors (Lipinski definition) is 0. The fourth-order valence-electron chi connectivity index (χ4n) is 2.98. The summed E-state index contributed by atoms with van der Waals surface area (Å²) in [4.78, 5) is 10.4. The van der Waals surface area contributed by atoms with E-state index < -0.39 is 0 Å². The molecule has 1 unspecified atom stereocenters. The fraction of sp³-hybridized carbons (Fsp3) is 0.348. The van der Waals surface area contributed by atoms with Crippen LogP contribution in [0.2, 0.25) is 0 Å².